The lowest BCUT2D eigenvalue weighted by atomic mass is 9.94. The van der Waals surface area contributed by atoms with Crippen molar-refractivity contribution in [3.05, 3.63) is 28.8 Å². The van der Waals surface area contributed by atoms with Crippen LogP contribution in [0.15, 0.2) is 18.2 Å². The van der Waals surface area contributed by atoms with Gasteiger partial charge >= 0.3 is 0 Å². The van der Waals surface area contributed by atoms with Crippen molar-refractivity contribution in [3.63, 3.8) is 0 Å². The molecule has 0 unspecified atom stereocenters. The molecule has 0 saturated carbocycles. The van der Waals surface area contributed by atoms with Crippen LogP contribution in [0.1, 0.15) is 26.3 Å². The SMILES string of the molecule is COc1ccc(Cl)cc1CN1CCN(C(=O)C(C)(C)C)CC1. The molecule has 22 heavy (non-hydrogen) atoms. The number of hydrogen-bond acceptors (Lipinski definition) is 3. The predicted molar refractivity (Wildman–Crippen MR) is 89.3 cm³/mol. The number of hydrogen-bond donors (Lipinski definition) is 0. The molecule has 0 bridgehead atoms. The van der Waals surface area contributed by atoms with Crippen molar-refractivity contribution in [1.29, 1.82) is 0 Å². The molecule has 0 N–H and O–H groups in total. The van der Waals surface area contributed by atoms with E-state index in [2.05, 4.69) is 4.90 Å². The van der Waals surface area contributed by atoms with Gasteiger partial charge in [0.05, 0.1) is 7.11 Å². The summed E-state index contributed by atoms with van der Waals surface area (Å²) in [7, 11) is 1.67. The lowest BCUT2D eigenvalue weighted by molar-refractivity contribution is -0.141. The van der Waals surface area contributed by atoms with Crippen molar-refractivity contribution in [1.82, 2.24) is 9.80 Å². The Morgan fingerprint density at radius 2 is 1.86 bits per heavy atom. The number of rotatable bonds is 3. The van der Waals surface area contributed by atoms with E-state index in [1.165, 1.54) is 0 Å². The van der Waals surface area contributed by atoms with E-state index in [9.17, 15) is 4.79 Å². The van der Waals surface area contributed by atoms with Crippen LogP contribution in [-0.2, 0) is 11.3 Å². The van der Waals surface area contributed by atoms with E-state index in [1.54, 1.807) is 7.11 Å². The molecule has 2 rings (SSSR count). The van der Waals surface area contributed by atoms with Crippen LogP contribution in [0.5, 0.6) is 5.75 Å². The Hall–Kier alpha value is -1.26. The molecular weight excluding hydrogens is 300 g/mol. The van der Waals surface area contributed by atoms with Gasteiger partial charge in [-0.2, -0.15) is 0 Å². The van der Waals surface area contributed by atoms with E-state index in [4.69, 9.17) is 16.3 Å². The third-order valence-electron chi connectivity index (χ3n) is 3.94. The van der Waals surface area contributed by atoms with Gasteiger partial charge in [0.15, 0.2) is 0 Å². The Kier molecular flexibility index (Phi) is 5.35. The Labute approximate surface area is 138 Å². The molecule has 0 radical (unpaired) electrons. The van der Waals surface area contributed by atoms with Gasteiger partial charge in [0.2, 0.25) is 5.91 Å². The maximum absolute atomic E-state index is 12.3. The summed E-state index contributed by atoms with van der Waals surface area (Å²) >= 11 is 6.08. The zero-order chi connectivity index (χ0) is 16.3. The molecule has 1 heterocycles. The minimum atomic E-state index is -0.307. The van der Waals surface area contributed by atoms with Crippen molar-refractivity contribution in [2.75, 3.05) is 33.3 Å². The van der Waals surface area contributed by atoms with Crippen LogP contribution < -0.4 is 4.74 Å². The summed E-state index contributed by atoms with van der Waals surface area (Å²) in [5, 5.41) is 0.720. The fraction of sp³-hybridized carbons (Fsp3) is 0.588. The van der Waals surface area contributed by atoms with Gasteiger partial charge in [-0.1, -0.05) is 32.4 Å². The van der Waals surface area contributed by atoms with Crippen molar-refractivity contribution in [3.8, 4) is 5.75 Å². The Bertz CT molecular complexity index is 532. The highest BCUT2D eigenvalue weighted by Gasteiger charge is 2.29. The molecule has 122 valence electrons. The number of benzene rings is 1. The number of methoxy groups -OCH3 is 1. The number of amides is 1. The molecule has 4 nitrogen and oxygen atoms in total. The van der Waals surface area contributed by atoms with E-state index in [1.807, 2.05) is 43.9 Å². The Balaban J connectivity index is 1.96. The van der Waals surface area contributed by atoms with Gasteiger partial charge in [0, 0.05) is 48.7 Å². The molecule has 0 aromatic heterocycles. The lowest BCUT2D eigenvalue weighted by Gasteiger charge is -2.37. The summed E-state index contributed by atoms with van der Waals surface area (Å²) in [6, 6.07) is 5.69. The largest absolute Gasteiger partial charge is 0.496 e. The average molecular weight is 325 g/mol. The van der Waals surface area contributed by atoms with Crippen LogP contribution in [0.3, 0.4) is 0 Å². The summed E-state index contributed by atoms with van der Waals surface area (Å²) in [5.41, 5.74) is 0.781. The first kappa shape index (κ1) is 17.1. The van der Waals surface area contributed by atoms with Crippen LogP contribution >= 0.6 is 11.6 Å². The van der Waals surface area contributed by atoms with E-state index >= 15 is 0 Å². The number of ether oxygens (including phenoxy) is 1. The van der Waals surface area contributed by atoms with Crippen molar-refractivity contribution >= 4 is 17.5 Å². The summed E-state index contributed by atoms with van der Waals surface area (Å²) in [6.45, 7) is 10.0. The molecule has 1 aromatic carbocycles. The number of halogens is 1. The van der Waals surface area contributed by atoms with Crippen LogP contribution in [0, 0.1) is 5.41 Å². The number of carbonyl (C=O) groups is 1. The smallest absolute Gasteiger partial charge is 0.228 e. The maximum atomic E-state index is 12.3. The summed E-state index contributed by atoms with van der Waals surface area (Å²) < 4.78 is 5.40. The first-order valence-electron chi connectivity index (χ1n) is 7.65. The minimum Gasteiger partial charge on any atom is -0.496 e. The third kappa shape index (κ3) is 4.14. The van der Waals surface area contributed by atoms with Gasteiger partial charge in [-0.3, -0.25) is 9.69 Å². The molecule has 1 amide bonds. The van der Waals surface area contributed by atoms with Crippen LogP contribution in [0.25, 0.3) is 0 Å². The topological polar surface area (TPSA) is 32.8 Å². The second-order valence-electron chi connectivity index (χ2n) is 6.77. The normalized spacial score (nSPS) is 16.7. The van der Waals surface area contributed by atoms with Crippen LogP contribution in [-0.4, -0.2) is 49.0 Å². The summed E-state index contributed by atoms with van der Waals surface area (Å²) in [4.78, 5) is 16.6. The monoisotopic (exact) mass is 324 g/mol. The van der Waals surface area contributed by atoms with Gasteiger partial charge in [-0.25, -0.2) is 0 Å². The standard InChI is InChI=1S/C17H25ClN2O2/c1-17(2,3)16(21)20-9-7-19(8-10-20)12-13-11-14(18)5-6-15(13)22-4/h5-6,11H,7-10,12H2,1-4H3. The number of nitrogens with zero attached hydrogens (tertiary/aromatic N) is 2. The molecule has 0 spiro atoms. The van der Waals surface area contributed by atoms with Crippen LogP contribution in [0.2, 0.25) is 5.02 Å². The second kappa shape index (κ2) is 6.88. The van der Waals surface area contributed by atoms with E-state index in [-0.39, 0.29) is 11.3 Å². The highest BCUT2D eigenvalue weighted by Crippen LogP contribution is 2.25. The average Bonchev–Trinajstić information content (AvgIpc) is 2.46. The summed E-state index contributed by atoms with van der Waals surface area (Å²) in [6.07, 6.45) is 0. The molecule has 1 aliphatic heterocycles. The summed E-state index contributed by atoms with van der Waals surface area (Å²) in [5.74, 6) is 1.09. The third-order valence-corrected chi connectivity index (χ3v) is 4.17. The van der Waals surface area contributed by atoms with Gasteiger partial charge in [0.1, 0.15) is 5.75 Å². The fourth-order valence-electron chi connectivity index (χ4n) is 2.70. The van der Waals surface area contributed by atoms with Crippen molar-refractivity contribution in [2.45, 2.75) is 27.3 Å². The second-order valence-corrected chi connectivity index (χ2v) is 7.21. The number of piperazine rings is 1. The minimum absolute atomic E-state index is 0.229. The highest BCUT2D eigenvalue weighted by molar-refractivity contribution is 6.30. The Morgan fingerprint density at radius 3 is 2.41 bits per heavy atom. The zero-order valence-corrected chi connectivity index (χ0v) is 14.6. The van der Waals surface area contributed by atoms with Crippen LogP contribution in [0.4, 0.5) is 0 Å². The molecule has 1 aliphatic rings. The van der Waals surface area contributed by atoms with Gasteiger partial charge in [-0.15, -0.1) is 0 Å². The van der Waals surface area contributed by atoms with Gasteiger partial charge in [-0.05, 0) is 18.2 Å². The van der Waals surface area contributed by atoms with E-state index < -0.39 is 0 Å². The molecule has 1 aromatic rings. The lowest BCUT2D eigenvalue weighted by Crippen LogP contribution is -2.51. The molecular formula is C17H25ClN2O2. The van der Waals surface area contributed by atoms with Gasteiger partial charge < -0.3 is 9.64 Å². The molecule has 5 heteroatoms. The van der Waals surface area contributed by atoms with E-state index in [0.717, 1.165) is 49.1 Å². The predicted octanol–water partition coefficient (Wildman–Crippen LogP) is 3.04. The van der Waals surface area contributed by atoms with Crippen molar-refractivity contribution in [2.24, 2.45) is 5.41 Å². The van der Waals surface area contributed by atoms with E-state index in [0.29, 0.717) is 0 Å². The maximum Gasteiger partial charge on any atom is 0.228 e. The first-order chi connectivity index (χ1) is 10.3. The Morgan fingerprint density at radius 1 is 1.23 bits per heavy atom. The number of carbonyl (C=O) groups excluding carboxylic acids is 1. The van der Waals surface area contributed by atoms with Gasteiger partial charge in [0.25, 0.3) is 0 Å². The molecule has 1 fully saturated rings. The quantitative estimate of drug-likeness (QED) is 0.856. The molecule has 0 atom stereocenters. The van der Waals surface area contributed by atoms with Crippen molar-refractivity contribution < 1.29 is 9.53 Å². The fourth-order valence-corrected chi connectivity index (χ4v) is 2.89. The highest BCUT2D eigenvalue weighted by atomic mass is 35.5. The molecule has 0 aliphatic carbocycles. The zero-order valence-electron chi connectivity index (χ0n) is 13.9. The molecule has 1 saturated heterocycles. The first-order valence-corrected chi connectivity index (χ1v) is 8.03.